The van der Waals surface area contributed by atoms with E-state index < -0.39 is 5.97 Å². The van der Waals surface area contributed by atoms with Crippen LogP contribution in [-0.2, 0) is 15.6 Å². The number of carboxylic acid groups (broad SMARTS) is 1. The van der Waals surface area contributed by atoms with Crippen LogP contribution < -0.4 is 10.1 Å². The zero-order valence-corrected chi connectivity index (χ0v) is 25.1. The van der Waals surface area contributed by atoms with E-state index in [4.69, 9.17) is 14.8 Å². The van der Waals surface area contributed by atoms with Crippen LogP contribution in [0.3, 0.4) is 0 Å². The third kappa shape index (κ3) is 4.50. The van der Waals surface area contributed by atoms with Crippen LogP contribution in [-0.4, -0.2) is 31.2 Å². The fourth-order valence-corrected chi connectivity index (χ4v) is 7.79. The smallest absolute Gasteiger partial charge is 0.346 e. The second-order valence-corrected chi connectivity index (χ2v) is 14.3. The highest BCUT2D eigenvalue weighted by atomic mass is 32.1. The zero-order valence-electron chi connectivity index (χ0n) is 24.3. The predicted molar refractivity (Wildman–Crippen MR) is 166 cm³/mol. The van der Waals surface area contributed by atoms with E-state index in [0.717, 1.165) is 68.7 Å². The van der Waals surface area contributed by atoms with Crippen LogP contribution in [0.1, 0.15) is 79.8 Å². The normalized spacial score (nSPS) is 22.9. The lowest BCUT2D eigenvalue weighted by Gasteiger charge is -2.51. The Labute approximate surface area is 244 Å². The standard InChI is InChI=1S/C34H34N2O4S/c1-33(2)12-14-36(5)15-13-34(3,4)28-29(36)26(33)18-22-17-25(32(39)40-30(22)28)20-6-8-21(9-7-20)27-11-10-24(41-27)16-23(19-35)31(37)38/h6,8,10-11,16-18H,7,9,12-15H2,1-5H3/p+1/b23-16-. The van der Waals surface area contributed by atoms with E-state index in [2.05, 4.69) is 40.8 Å². The van der Waals surface area contributed by atoms with Gasteiger partial charge in [0.25, 0.3) is 0 Å². The van der Waals surface area contributed by atoms with Gasteiger partial charge in [0.15, 0.2) is 0 Å². The number of carboxylic acids is 1. The highest BCUT2D eigenvalue weighted by Crippen LogP contribution is 2.54. The number of rotatable bonds is 4. The van der Waals surface area contributed by atoms with Crippen molar-refractivity contribution in [2.24, 2.45) is 0 Å². The van der Waals surface area contributed by atoms with E-state index in [1.807, 2.05) is 30.4 Å². The Morgan fingerprint density at radius 3 is 2.41 bits per heavy atom. The number of allylic oxidation sites excluding steroid dienone is 4. The van der Waals surface area contributed by atoms with Crippen LogP contribution in [0.5, 0.6) is 0 Å². The Hall–Kier alpha value is -3.73. The number of nitriles is 1. The summed E-state index contributed by atoms with van der Waals surface area (Å²) in [4.78, 5) is 26.4. The molecule has 2 aromatic heterocycles. The Bertz CT molecular complexity index is 1820. The highest BCUT2D eigenvalue weighted by molar-refractivity contribution is 7.14. The molecule has 1 atom stereocenters. The first-order valence-electron chi connectivity index (χ1n) is 14.2. The van der Waals surface area contributed by atoms with Gasteiger partial charge < -0.3 is 9.52 Å². The molecule has 210 valence electrons. The van der Waals surface area contributed by atoms with Crippen LogP contribution in [0.25, 0.3) is 28.2 Å². The summed E-state index contributed by atoms with van der Waals surface area (Å²) in [7, 11) is 2.34. The second-order valence-electron chi connectivity index (χ2n) is 13.2. The zero-order chi connectivity index (χ0) is 29.3. The molecule has 4 heterocycles. The van der Waals surface area contributed by atoms with Gasteiger partial charge in [0, 0.05) is 44.4 Å². The lowest BCUT2D eigenvalue weighted by molar-refractivity contribution is -0.132. The quantitative estimate of drug-likeness (QED) is 0.153. The minimum absolute atomic E-state index is 0.0503. The monoisotopic (exact) mass is 567 g/mol. The molecule has 0 radical (unpaired) electrons. The fraction of sp³-hybridized carbons (Fsp3) is 0.382. The van der Waals surface area contributed by atoms with Crippen molar-refractivity contribution in [2.45, 2.75) is 64.2 Å². The van der Waals surface area contributed by atoms with Crippen molar-refractivity contribution >= 4 is 51.2 Å². The van der Waals surface area contributed by atoms with Crippen LogP contribution in [0.4, 0.5) is 5.69 Å². The van der Waals surface area contributed by atoms with Gasteiger partial charge in [-0.05, 0) is 54.3 Å². The van der Waals surface area contributed by atoms with E-state index in [0.29, 0.717) is 12.0 Å². The number of carbonyl (C=O) groups is 1. The van der Waals surface area contributed by atoms with Crippen molar-refractivity contribution in [1.29, 1.82) is 5.26 Å². The minimum atomic E-state index is -1.23. The maximum Gasteiger partial charge on any atom is 0.346 e. The topological polar surface area (TPSA) is 91.3 Å². The first-order valence-corrected chi connectivity index (χ1v) is 15.0. The molecular formula is C34H35N2O4S+. The largest absolute Gasteiger partial charge is 0.477 e. The molecule has 0 saturated heterocycles. The van der Waals surface area contributed by atoms with E-state index in [9.17, 15) is 9.59 Å². The van der Waals surface area contributed by atoms with Crippen molar-refractivity contribution < 1.29 is 14.3 Å². The lowest BCUT2D eigenvalue weighted by atomic mass is 9.68. The molecule has 0 spiro atoms. The van der Waals surface area contributed by atoms with Gasteiger partial charge in [-0.15, -0.1) is 11.3 Å². The first-order chi connectivity index (χ1) is 19.3. The Kier molecular flexibility index (Phi) is 6.29. The van der Waals surface area contributed by atoms with E-state index in [1.165, 1.54) is 34.2 Å². The fourth-order valence-electron chi connectivity index (χ4n) is 6.79. The maximum absolute atomic E-state index is 13.5. The molecule has 41 heavy (non-hydrogen) atoms. The first kappa shape index (κ1) is 27.4. The Morgan fingerprint density at radius 1 is 1.07 bits per heavy atom. The summed E-state index contributed by atoms with van der Waals surface area (Å²) in [6, 6.07) is 9.84. The number of aliphatic carboxylic acids is 1. The SMILES string of the molecule is CC1(C)CC[N+]2(C)CCC(C)(C)c3c2c1cc1cc(C2=CC=C(c4ccc(/C=C(/C#N)C(=O)O)s4)CC2)c(=O)oc31. The van der Waals surface area contributed by atoms with E-state index >= 15 is 0 Å². The average molecular weight is 568 g/mol. The summed E-state index contributed by atoms with van der Waals surface area (Å²) in [5, 5.41) is 19.2. The van der Waals surface area contributed by atoms with Crippen molar-refractivity contribution in [2.75, 3.05) is 20.1 Å². The van der Waals surface area contributed by atoms with Gasteiger partial charge in [0.2, 0.25) is 0 Å². The van der Waals surface area contributed by atoms with Crippen molar-refractivity contribution in [3.05, 3.63) is 78.9 Å². The highest BCUT2D eigenvalue weighted by Gasteiger charge is 2.50. The van der Waals surface area contributed by atoms with Gasteiger partial charge in [0.1, 0.15) is 22.9 Å². The molecule has 1 N–H and O–H groups in total. The average Bonchev–Trinajstić information content (AvgIpc) is 3.40. The lowest BCUT2D eigenvalue weighted by Crippen LogP contribution is -2.57. The number of nitrogens with zero attached hydrogens (tertiary/aromatic N) is 2. The summed E-state index contributed by atoms with van der Waals surface area (Å²) in [6.07, 6.45) is 9.07. The summed E-state index contributed by atoms with van der Waals surface area (Å²) < 4.78 is 7.15. The third-order valence-corrected chi connectivity index (χ3v) is 10.6. The number of hydrogen-bond donors (Lipinski definition) is 1. The number of thiophene rings is 1. The van der Waals surface area contributed by atoms with Crippen LogP contribution >= 0.6 is 11.3 Å². The second kappa shape index (κ2) is 9.40. The number of benzene rings is 1. The summed E-state index contributed by atoms with van der Waals surface area (Å²) in [5.74, 6) is -1.23. The van der Waals surface area contributed by atoms with Crippen molar-refractivity contribution in [1.82, 2.24) is 4.48 Å². The maximum atomic E-state index is 13.5. The van der Waals surface area contributed by atoms with Gasteiger partial charge in [0.05, 0.1) is 31.3 Å². The van der Waals surface area contributed by atoms with Crippen LogP contribution in [0.2, 0.25) is 0 Å². The summed E-state index contributed by atoms with van der Waals surface area (Å²) in [5.41, 5.74) is 6.79. The Morgan fingerprint density at radius 2 is 1.76 bits per heavy atom. The number of hydrogen-bond acceptors (Lipinski definition) is 5. The van der Waals surface area contributed by atoms with Gasteiger partial charge in [-0.1, -0.05) is 39.8 Å². The van der Waals surface area contributed by atoms with Gasteiger partial charge >= 0.3 is 11.6 Å². The molecule has 0 fully saturated rings. The number of fused-ring (bicyclic) bond motifs is 2. The van der Waals surface area contributed by atoms with Gasteiger partial charge in [-0.3, -0.25) is 4.48 Å². The molecular weight excluding hydrogens is 532 g/mol. The molecule has 0 bridgehead atoms. The molecule has 3 aliphatic rings. The van der Waals surface area contributed by atoms with Gasteiger partial charge in [-0.2, -0.15) is 5.26 Å². The molecule has 1 unspecified atom stereocenters. The molecule has 6 rings (SSSR count). The van der Waals surface area contributed by atoms with Crippen LogP contribution in [0.15, 0.2) is 51.2 Å². The predicted octanol–water partition coefficient (Wildman–Crippen LogP) is 7.41. The molecule has 3 aromatic rings. The van der Waals surface area contributed by atoms with Crippen molar-refractivity contribution in [3.8, 4) is 6.07 Å². The Balaban J connectivity index is 1.42. The van der Waals surface area contributed by atoms with Gasteiger partial charge in [-0.25, -0.2) is 9.59 Å². The van der Waals surface area contributed by atoms with Crippen LogP contribution in [0, 0.1) is 11.3 Å². The molecule has 6 nitrogen and oxygen atoms in total. The minimum Gasteiger partial charge on any atom is -0.477 e. The molecule has 0 saturated carbocycles. The third-order valence-electron chi connectivity index (χ3n) is 9.48. The van der Waals surface area contributed by atoms with E-state index in [1.54, 1.807) is 6.07 Å². The molecule has 0 amide bonds. The summed E-state index contributed by atoms with van der Waals surface area (Å²) in [6.45, 7) is 11.4. The molecule has 1 aromatic carbocycles. The number of quaternary nitrogens is 1. The molecule has 7 heteroatoms. The summed E-state index contributed by atoms with van der Waals surface area (Å²) >= 11 is 1.45. The molecule has 1 aliphatic carbocycles. The molecule has 2 aliphatic heterocycles. The van der Waals surface area contributed by atoms with E-state index in [-0.39, 0.29) is 22.0 Å². The van der Waals surface area contributed by atoms with Crippen molar-refractivity contribution in [3.63, 3.8) is 0 Å².